The fourth-order valence-electron chi connectivity index (χ4n) is 2.02. The van der Waals surface area contributed by atoms with Crippen molar-refractivity contribution >= 4 is 5.91 Å². The average molecular weight is 244 g/mol. The third kappa shape index (κ3) is 5.97. The lowest BCUT2D eigenvalue weighted by molar-refractivity contribution is -0.122. The molecular formula is C11H24N4O2. The number of amides is 1. The molecule has 0 bridgehead atoms. The van der Waals surface area contributed by atoms with Gasteiger partial charge in [0.05, 0.1) is 13.2 Å². The third-order valence-electron chi connectivity index (χ3n) is 2.93. The van der Waals surface area contributed by atoms with Crippen molar-refractivity contribution in [2.45, 2.75) is 6.42 Å². The molecule has 1 rings (SSSR count). The van der Waals surface area contributed by atoms with Crippen LogP contribution in [0.1, 0.15) is 6.42 Å². The number of aliphatic hydroxyl groups excluding tert-OH is 1. The molecule has 1 aliphatic heterocycles. The predicted molar refractivity (Wildman–Crippen MR) is 66.6 cm³/mol. The molecule has 0 aromatic heterocycles. The molecule has 6 heteroatoms. The van der Waals surface area contributed by atoms with Gasteiger partial charge >= 0.3 is 0 Å². The fraction of sp³-hybridized carbons (Fsp3) is 0.909. The summed E-state index contributed by atoms with van der Waals surface area (Å²) in [6, 6.07) is 0. The van der Waals surface area contributed by atoms with E-state index in [0.29, 0.717) is 19.6 Å². The third-order valence-corrected chi connectivity index (χ3v) is 2.93. The molecule has 0 aromatic carbocycles. The van der Waals surface area contributed by atoms with Crippen LogP contribution >= 0.6 is 0 Å². The molecule has 0 spiro atoms. The Labute approximate surface area is 103 Å². The van der Waals surface area contributed by atoms with Crippen molar-refractivity contribution < 1.29 is 9.90 Å². The zero-order chi connectivity index (χ0) is 12.5. The van der Waals surface area contributed by atoms with Gasteiger partial charge in [0.25, 0.3) is 0 Å². The topological polar surface area (TPSA) is 81.8 Å². The summed E-state index contributed by atoms with van der Waals surface area (Å²) in [4.78, 5) is 15.9. The molecule has 0 unspecified atom stereocenters. The fourth-order valence-corrected chi connectivity index (χ4v) is 2.02. The Morgan fingerprint density at radius 3 is 2.65 bits per heavy atom. The Balaban J connectivity index is 2.23. The van der Waals surface area contributed by atoms with Crippen molar-refractivity contribution in [3.63, 3.8) is 0 Å². The van der Waals surface area contributed by atoms with E-state index in [4.69, 9.17) is 10.8 Å². The quantitative estimate of drug-likeness (QED) is 0.506. The van der Waals surface area contributed by atoms with Gasteiger partial charge in [0, 0.05) is 32.7 Å². The van der Waals surface area contributed by atoms with E-state index in [1.54, 1.807) is 0 Å². The number of rotatable bonds is 6. The highest BCUT2D eigenvalue weighted by molar-refractivity contribution is 5.77. The Kier molecular flexibility index (Phi) is 7.11. The molecule has 1 amide bonds. The minimum atomic E-state index is 0.0473. The lowest BCUT2D eigenvalue weighted by Gasteiger charge is -2.20. The van der Waals surface area contributed by atoms with Crippen LogP contribution in [0.2, 0.25) is 0 Å². The van der Waals surface area contributed by atoms with Crippen LogP contribution in [0.25, 0.3) is 0 Å². The Morgan fingerprint density at radius 2 is 1.94 bits per heavy atom. The lowest BCUT2D eigenvalue weighted by Crippen LogP contribution is -2.40. The van der Waals surface area contributed by atoms with Crippen molar-refractivity contribution in [3.05, 3.63) is 0 Å². The van der Waals surface area contributed by atoms with E-state index < -0.39 is 0 Å². The summed E-state index contributed by atoms with van der Waals surface area (Å²) in [5.74, 6) is 0.0473. The Hall–Kier alpha value is -0.690. The first-order valence-corrected chi connectivity index (χ1v) is 6.28. The van der Waals surface area contributed by atoms with Crippen molar-refractivity contribution in [2.24, 2.45) is 5.73 Å². The van der Waals surface area contributed by atoms with Gasteiger partial charge in [-0.25, -0.2) is 0 Å². The number of hydrogen-bond donors (Lipinski definition) is 3. The van der Waals surface area contributed by atoms with Gasteiger partial charge in [-0.2, -0.15) is 0 Å². The number of hydrogen-bond acceptors (Lipinski definition) is 5. The van der Waals surface area contributed by atoms with Gasteiger partial charge in [-0.3, -0.25) is 14.6 Å². The van der Waals surface area contributed by atoms with E-state index in [0.717, 1.165) is 39.1 Å². The van der Waals surface area contributed by atoms with E-state index in [9.17, 15) is 4.79 Å². The number of β-amino-alcohol motifs (C(OH)–C–C–N with tert-alkyl or cyclic N) is 1. The zero-order valence-corrected chi connectivity index (χ0v) is 10.4. The first-order chi connectivity index (χ1) is 8.26. The first kappa shape index (κ1) is 14.4. The van der Waals surface area contributed by atoms with Gasteiger partial charge in [0.15, 0.2) is 0 Å². The number of aliphatic hydroxyl groups is 1. The maximum absolute atomic E-state index is 11.5. The number of nitrogens with zero attached hydrogens (tertiary/aromatic N) is 2. The Morgan fingerprint density at radius 1 is 1.24 bits per heavy atom. The van der Waals surface area contributed by atoms with Crippen LogP contribution in [0, 0.1) is 0 Å². The largest absolute Gasteiger partial charge is 0.395 e. The van der Waals surface area contributed by atoms with Gasteiger partial charge in [-0.1, -0.05) is 0 Å². The van der Waals surface area contributed by atoms with Crippen molar-refractivity contribution in [2.75, 3.05) is 59.0 Å². The molecule has 1 saturated heterocycles. The number of nitrogens with one attached hydrogen (secondary N) is 1. The molecule has 0 radical (unpaired) electrons. The molecule has 4 N–H and O–H groups in total. The summed E-state index contributed by atoms with van der Waals surface area (Å²) in [7, 11) is 0. The lowest BCUT2D eigenvalue weighted by atomic mass is 10.3. The highest BCUT2D eigenvalue weighted by atomic mass is 16.3. The molecule has 0 aliphatic carbocycles. The van der Waals surface area contributed by atoms with E-state index in [1.807, 2.05) is 0 Å². The molecule has 100 valence electrons. The molecular weight excluding hydrogens is 220 g/mol. The summed E-state index contributed by atoms with van der Waals surface area (Å²) in [5.41, 5.74) is 5.33. The second-order valence-corrected chi connectivity index (χ2v) is 4.33. The second-order valence-electron chi connectivity index (χ2n) is 4.33. The molecule has 1 fully saturated rings. The van der Waals surface area contributed by atoms with Crippen molar-refractivity contribution in [1.82, 2.24) is 15.1 Å². The number of carbonyl (C=O) groups is 1. The summed E-state index contributed by atoms with van der Waals surface area (Å²) in [6.45, 7) is 6.16. The smallest absolute Gasteiger partial charge is 0.234 e. The van der Waals surface area contributed by atoms with Crippen LogP contribution in [0.4, 0.5) is 0 Å². The molecule has 1 heterocycles. The van der Waals surface area contributed by atoms with Crippen molar-refractivity contribution in [1.29, 1.82) is 0 Å². The monoisotopic (exact) mass is 244 g/mol. The number of carbonyl (C=O) groups excluding carboxylic acids is 1. The van der Waals surface area contributed by atoms with Crippen LogP contribution in [-0.2, 0) is 4.79 Å². The first-order valence-electron chi connectivity index (χ1n) is 6.28. The van der Waals surface area contributed by atoms with Gasteiger partial charge < -0.3 is 16.2 Å². The minimum Gasteiger partial charge on any atom is -0.395 e. The van der Waals surface area contributed by atoms with Crippen LogP contribution in [0.5, 0.6) is 0 Å². The molecule has 0 aromatic rings. The summed E-state index contributed by atoms with van der Waals surface area (Å²) >= 11 is 0. The molecule has 1 aliphatic rings. The SMILES string of the molecule is NCCNC(=O)CN1CCCN(CCO)CC1. The Bertz CT molecular complexity index is 226. The number of nitrogens with two attached hydrogens (primary N) is 1. The van der Waals surface area contributed by atoms with E-state index in [1.165, 1.54) is 0 Å². The van der Waals surface area contributed by atoms with E-state index >= 15 is 0 Å². The molecule has 6 nitrogen and oxygen atoms in total. The van der Waals surface area contributed by atoms with Crippen LogP contribution in [-0.4, -0.2) is 79.8 Å². The standard InChI is InChI=1S/C11H24N4O2/c12-2-3-13-11(17)10-15-5-1-4-14(6-7-15)8-9-16/h16H,1-10,12H2,(H,13,17). The van der Waals surface area contributed by atoms with Crippen molar-refractivity contribution in [3.8, 4) is 0 Å². The molecule has 0 saturated carbocycles. The van der Waals surface area contributed by atoms with Gasteiger partial charge in [-0.15, -0.1) is 0 Å². The maximum Gasteiger partial charge on any atom is 0.234 e. The second kappa shape index (κ2) is 8.41. The highest BCUT2D eigenvalue weighted by Crippen LogP contribution is 2.02. The van der Waals surface area contributed by atoms with E-state index in [-0.39, 0.29) is 12.5 Å². The van der Waals surface area contributed by atoms with Gasteiger partial charge in [-0.05, 0) is 19.5 Å². The van der Waals surface area contributed by atoms with Crippen LogP contribution in [0.15, 0.2) is 0 Å². The van der Waals surface area contributed by atoms with Crippen LogP contribution in [0.3, 0.4) is 0 Å². The van der Waals surface area contributed by atoms with Gasteiger partial charge in [0.1, 0.15) is 0 Å². The predicted octanol–water partition coefficient (Wildman–Crippen LogP) is -1.94. The minimum absolute atomic E-state index is 0.0473. The average Bonchev–Trinajstić information content (AvgIpc) is 2.53. The van der Waals surface area contributed by atoms with Crippen LogP contribution < -0.4 is 11.1 Å². The summed E-state index contributed by atoms with van der Waals surface area (Å²) in [5, 5.41) is 11.7. The maximum atomic E-state index is 11.5. The zero-order valence-electron chi connectivity index (χ0n) is 10.4. The van der Waals surface area contributed by atoms with Gasteiger partial charge in [0.2, 0.25) is 5.91 Å². The molecule has 17 heavy (non-hydrogen) atoms. The summed E-state index contributed by atoms with van der Waals surface area (Å²) in [6.07, 6.45) is 1.05. The normalized spacial score (nSPS) is 18.9. The highest BCUT2D eigenvalue weighted by Gasteiger charge is 2.16. The molecule has 0 atom stereocenters. The van der Waals surface area contributed by atoms with E-state index in [2.05, 4.69) is 15.1 Å². The summed E-state index contributed by atoms with van der Waals surface area (Å²) < 4.78 is 0.